The lowest BCUT2D eigenvalue weighted by atomic mass is 10.1. The zero-order chi connectivity index (χ0) is 16.3. The van der Waals surface area contributed by atoms with Crippen LogP contribution in [0, 0.1) is 0 Å². The third kappa shape index (κ3) is 3.38. The van der Waals surface area contributed by atoms with Gasteiger partial charge in [-0.2, -0.15) is 13.2 Å². The van der Waals surface area contributed by atoms with Crippen molar-refractivity contribution < 1.29 is 27.1 Å². The first kappa shape index (κ1) is 15.9. The van der Waals surface area contributed by atoms with Gasteiger partial charge in [-0.05, 0) is 12.1 Å². The van der Waals surface area contributed by atoms with Gasteiger partial charge in [0.15, 0.2) is 0 Å². The maximum Gasteiger partial charge on any atom is 0.419 e. The molecule has 0 saturated heterocycles. The van der Waals surface area contributed by atoms with E-state index in [4.69, 9.17) is 4.42 Å². The number of carbonyl (C=O) groups excluding carboxylic acids is 1. The molecule has 0 fully saturated rings. The first-order valence-electron chi connectivity index (χ1n) is 6.25. The molecule has 0 N–H and O–H groups in total. The number of methoxy groups -OCH3 is 1. The average Bonchev–Trinajstić information content (AvgIpc) is 2.85. The highest BCUT2D eigenvalue weighted by atomic mass is 19.4. The van der Waals surface area contributed by atoms with Gasteiger partial charge in [-0.3, -0.25) is 9.36 Å². The number of ether oxygens (including phenoxy) is 1. The Morgan fingerprint density at radius 1 is 1.27 bits per heavy atom. The van der Waals surface area contributed by atoms with E-state index in [1.54, 1.807) is 0 Å². The second-order valence-electron chi connectivity index (χ2n) is 4.44. The molecule has 0 amide bonds. The van der Waals surface area contributed by atoms with Gasteiger partial charge in [0.2, 0.25) is 0 Å². The smallest absolute Gasteiger partial charge is 0.419 e. The van der Waals surface area contributed by atoms with Crippen LogP contribution in [0.4, 0.5) is 13.2 Å². The molecule has 118 valence electrons. The minimum absolute atomic E-state index is 0.0123. The molecule has 1 heterocycles. The van der Waals surface area contributed by atoms with Crippen LogP contribution < -0.4 is 5.76 Å². The fourth-order valence-electron chi connectivity index (χ4n) is 1.90. The highest BCUT2D eigenvalue weighted by molar-refractivity contribution is 5.69. The predicted molar refractivity (Wildman–Crippen MR) is 70.0 cm³/mol. The van der Waals surface area contributed by atoms with E-state index in [9.17, 15) is 22.8 Å². The van der Waals surface area contributed by atoms with E-state index in [2.05, 4.69) is 4.74 Å². The van der Waals surface area contributed by atoms with Crippen molar-refractivity contribution >= 4 is 5.97 Å². The number of alkyl halides is 3. The van der Waals surface area contributed by atoms with Crippen LogP contribution in [0.2, 0.25) is 0 Å². The van der Waals surface area contributed by atoms with Gasteiger partial charge in [-0.25, -0.2) is 4.79 Å². The van der Waals surface area contributed by atoms with Crippen LogP contribution >= 0.6 is 0 Å². The Morgan fingerprint density at radius 3 is 2.45 bits per heavy atom. The van der Waals surface area contributed by atoms with Crippen LogP contribution in [0.1, 0.15) is 12.0 Å². The van der Waals surface area contributed by atoms with Crippen LogP contribution in [0.3, 0.4) is 0 Å². The Morgan fingerprint density at radius 2 is 1.91 bits per heavy atom. The lowest BCUT2D eigenvalue weighted by molar-refractivity contribution is -0.141. The number of halogens is 3. The zero-order valence-electron chi connectivity index (χ0n) is 11.5. The Kier molecular flexibility index (Phi) is 4.39. The first-order chi connectivity index (χ1) is 10.3. The molecule has 0 radical (unpaired) electrons. The number of aromatic nitrogens is 1. The van der Waals surface area contributed by atoms with E-state index >= 15 is 0 Å². The van der Waals surface area contributed by atoms with Gasteiger partial charge in [0, 0.05) is 12.1 Å². The Hall–Kier alpha value is -2.51. The molecule has 0 saturated carbocycles. The molecule has 0 spiro atoms. The molecular weight excluding hydrogens is 303 g/mol. The molecule has 8 heteroatoms. The number of oxazole rings is 1. The largest absolute Gasteiger partial charge is 0.469 e. The average molecular weight is 315 g/mol. The molecule has 1 aromatic carbocycles. The normalized spacial score (nSPS) is 11.5. The summed E-state index contributed by atoms with van der Waals surface area (Å²) in [7, 11) is 1.22. The van der Waals surface area contributed by atoms with Crippen molar-refractivity contribution in [1.29, 1.82) is 0 Å². The number of benzene rings is 1. The fourth-order valence-corrected chi connectivity index (χ4v) is 1.90. The molecule has 5 nitrogen and oxygen atoms in total. The van der Waals surface area contributed by atoms with E-state index in [-0.39, 0.29) is 13.0 Å². The highest BCUT2D eigenvalue weighted by Crippen LogP contribution is 2.30. The van der Waals surface area contributed by atoms with E-state index in [0.717, 1.165) is 18.4 Å². The van der Waals surface area contributed by atoms with Crippen molar-refractivity contribution in [3.63, 3.8) is 0 Å². The van der Waals surface area contributed by atoms with E-state index in [1.807, 2.05) is 0 Å². The van der Waals surface area contributed by atoms with Crippen LogP contribution in [0.5, 0.6) is 0 Å². The molecule has 1 aromatic heterocycles. The molecule has 22 heavy (non-hydrogen) atoms. The zero-order valence-corrected chi connectivity index (χ0v) is 11.5. The van der Waals surface area contributed by atoms with Gasteiger partial charge in [-0.1, -0.05) is 12.1 Å². The number of hydrogen-bond acceptors (Lipinski definition) is 4. The molecule has 2 rings (SSSR count). The second kappa shape index (κ2) is 6.08. The number of nitrogens with zero attached hydrogens (tertiary/aromatic N) is 1. The maximum atomic E-state index is 12.5. The topological polar surface area (TPSA) is 61.4 Å². The summed E-state index contributed by atoms with van der Waals surface area (Å²) in [6.07, 6.45) is -3.34. The summed E-state index contributed by atoms with van der Waals surface area (Å²) in [5.41, 5.74) is -0.116. The standard InChI is InChI=1S/C14H12F3NO4/c1-21-12(19)6-7-18-11(8-22-13(18)20)9-2-4-10(5-3-9)14(15,16)17/h2-5,8H,6-7H2,1H3. The third-order valence-corrected chi connectivity index (χ3v) is 3.06. The van der Waals surface area contributed by atoms with Gasteiger partial charge in [0.1, 0.15) is 6.26 Å². The van der Waals surface area contributed by atoms with E-state index in [1.165, 1.54) is 23.8 Å². The molecule has 0 atom stereocenters. The fraction of sp³-hybridized carbons (Fsp3) is 0.286. The summed E-state index contributed by atoms with van der Waals surface area (Å²) in [5, 5.41) is 0. The highest BCUT2D eigenvalue weighted by Gasteiger charge is 2.30. The summed E-state index contributed by atoms with van der Waals surface area (Å²) in [6.45, 7) is 0.0123. The van der Waals surface area contributed by atoms with Gasteiger partial charge in [-0.15, -0.1) is 0 Å². The second-order valence-corrected chi connectivity index (χ2v) is 4.44. The lowest BCUT2D eigenvalue weighted by Gasteiger charge is -2.08. The summed E-state index contributed by atoms with van der Waals surface area (Å²) in [5.74, 6) is -1.20. The number of carbonyl (C=O) groups is 1. The Labute approximate surface area is 122 Å². The summed E-state index contributed by atoms with van der Waals surface area (Å²) < 4.78 is 48.0. The molecule has 0 unspecified atom stereocenters. The predicted octanol–water partition coefficient (Wildman–Crippen LogP) is 2.69. The van der Waals surface area contributed by atoms with Crippen molar-refractivity contribution in [1.82, 2.24) is 4.57 Å². The summed E-state index contributed by atoms with van der Waals surface area (Å²) >= 11 is 0. The molecular formula is C14H12F3NO4. The lowest BCUT2D eigenvalue weighted by Crippen LogP contribution is -2.18. The Balaban J connectivity index is 2.29. The van der Waals surface area contributed by atoms with Crippen molar-refractivity contribution in [2.24, 2.45) is 0 Å². The van der Waals surface area contributed by atoms with Gasteiger partial charge in [0.25, 0.3) is 0 Å². The minimum Gasteiger partial charge on any atom is -0.469 e. The molecule has 2 aromatic rings. The van der Waals surface area contributed by atoms with Crippen LogP contribution in [0.25, 0.3) is 11.3 Å². The Bertz CT molecular complexity index is 713. The van der Waals surface area contributed by atoms with Crippen LogP contribution in [0.15, 0.2) is 39.7 Å². The molecule has 0 aliphatic carbocycles. The maximum absolute atomic E-state index is 12.5. The number of rotatable bonds is 4. The summed E-state index contributed by atoms with van der Waals surface area (Å²) in [6, 6.07) is 4.30. The quantitative estimate of drug-likeness (QED) is 0.814. The van der Waals surface area contributed by atoms with Crippen molar-refractivity contribution in [2.45, 2.75) is 19.1 Å². The van der Waals surface area contributed by atoms with Crippen molar-refractivity contribution in [2.75, 3.05) is 7.11 Å². The van der Waals surface area contributed by atoms with Crippen molar-refractivity contribution in [3.05, 3.63) is 46.6 Å². The third-order valence-electron chi connectivity index (χ3n) is 3.06. The first-order valence-corrected chi connectivity index (χ1v) is 6.25. The van der Waals surface area contributed by atoms with Crippen molar-refractivity contribution in [3.8, 4) is 11.3 Å². The SMILES string of the molecule is COC(=O)CCn1c(-c2ccc(C(F)(F)F)cc2)coc1=O. The monoisotopic (exact) mass is 315 g/mol. The van der Waals surface area contributed by atoms with E-state index in [0.29, 0.717) is 11.3 Å². The number of esters is 1. The van der Waals surface area contributed by atoms with Gasteiger partial charge in [0.05, 0.1) is 24.8 Å². The molecule has 0 aliphatic heterocycles. The molecule has 0 aliphatic rings. The van der Waals surface area contributed by atoms with Gasteiger partial charge < -0.3 is 9.15 Å². The number of hydrogen-bond donors (Lipinski definition) is 0. The minimum atomic E-state index is -4.43. The van der Waals surface area contributed by atoms with Crippen LogP contribution in [-0.2, 0) is 22.3 Å². The molecule has 0 bridgehead atoms. The van der Waals surface area contributed by atoms with E-state index < -0.39 is 23.5 Å². The van der Waals surface area contributed by atoms with Gasteiger partial charge >= 0.3 is 17.9 Å². The van der Waals surface area contributed by atoms with Crippen LogP contribution in [-0.4, -0.2) is 17.6 Å². The summed E-state index contributed by atoms with van der Waals surface area (Å²) in [4.78, 5) is 22.7.